The number of aromatic amines is 1. The zero-order valence-electron chi connectivity index (χ0n) is 12.3. The molecular formula is C15H13N5O3. The number of hydrogen-bond acceptors (Lipinski definition) is 6. The normalized spacial score (nSPS) is 17.0. The Labute approximate surface area is 131 Å². The van der Waals surface area contributed by atoms with Crippen molar-refractivity contribution in [3.63, 3.8) is 0 Å². The van der Waals surface area contributed by atoms with Gasteiger partial charge in [0, 0.05) is 12.4 Å². The number of amides is 1. The summed E-state index contributed by atoms with van der Waals surface area (Å²) in [5.41, 5.74) is 0.688. The summed E-state index contributed by atoms with van der Waals surface area (Å²) in [7, 11) is 0. The van der Waals surface area contributed by atoms with E-state index < -0.39 is 6.10 Å². The Kier molecular flexibility index (Phi) is 3.07. The second-order valence-corrected chi connectivity index (χ2v) is 5.10. The highest BCUT2D eigenvalue weighted by Gasteiger charge is 2.32. The number of rotatable bonds is 3. The Hall–Kier alpha value is -3.16. The van der Waals surface area contributed by atoms with Crippen LogP contribution in [0.3, 0.4) is 0 Å². The van der Waals surface area contributed by atoms with Gasteiger partial charge in [0.15, 0.2) is 11.9 Å². The van der Waals surface area contributed by atoms with Crippen LogP contribution in [0.1, 0.15) is 12.8 Å². The molecule has 0 fully saturated rings. The first kappa shape index (κ1) is 13.5. The highest BCUT2D eigenvalue weighted by molar-refractivity contribution is 5.99. The first-order valence-corrected chi connectivity index (χ1v) is 7.12. The topological polar surface area (TPSA) is 97.1 Å². The molecule has 0 radical (unpaired) electrons. The lowest BCUT2D eigenvalue weighted by atomic mass is 10.2. The molecule has 1 aliphatic rings. The number of carbonyl (C=O) groups excluding carboxylic acids is 1. The lowest BCUT2D eigenvalue weighted by Crippen LogP contribution is -2.44. The summed E-state index contributed by atoms with van der Waals surface area (Å²) in [6.45, 7) is 1.89. The molecule has 4 rings (SSSR count). The molecule has 1 amide bonds. The smallest absolute Gasteiger partial charge is 0.268 e. The molecule has 116 valence electrons. The number of nitrogens with zero attached hydrogens (tertiary/aromatic N) is 4. The van der Waals surface area contributed by atoms with E-state index in [1.807, 2.05) is 24.3 Å². The number of fused-ring (bicyclic) bond motifs is 1. The molecule has 0 spiro atoms. The third-order valence-electron chi connectivity index (χ3n) is 3.55. The SMILES string of the molecule is CC1Oc2ccccc2N(Cc2nc(-c3ncc[nH]3)no2)C1=O. The van der Waals surface area contributed by atoms with Crippen LogP contribution in [-0.2, 0) is 11.3 Å². The number of nitrogens with one attached hydrogen (secondary N) is 1. The van der Waals surface area contributed by atoms with Crippen molar-refractivity contribution in [2.24, 2.45) is 0 Å². The Morgan fingerprint density at radius 1 is 1.35 bits per heavy atom. The summed E-state index contributed by atoms with van der Waals surface area (Å²) in [5.74, 6) is 1.70. The molecular weight excluding hydrogens is 298 g/mol. The molecule has 0 saturated heterocycles. The zero-order valence-corrected chi connectivity index (χ0v) is 12.3. The van der Waals surface area contributed by atoms with E-state index in [9.17, 15) is 4.79 Å². The Morgan fingerprint density at radius 3 is 3.04 bits per heavy atom. The van der Waals surface area contributed by atoms with Crippen LogP contribution in [0.2, 0.25) is 0 Å². The Bertz CT molecular complexity index is 842. The minimum atomic E-state index is -0.558. The summed E-state index contributed by atoms with van der Waals surface area (Å²) in [4.78, 5) is 25.3. The first-order chi connectivity index (χ1) is 11.2. The number of ether oxygens (including phenoxy) is 1. The molecule has 1 aromatic carbocycles. The highest BCUT2D eigenvalue weighted by atomic mass is 16.5. The molecule has 0 aliphatic carbocycles. The lowest BCUT2D eigenvalue weighted by molar-refractivity contribution is -0.125. The van der Waals surface area contributed by atoms with Crippen LogP contribution in [-0.4, -0.2) is 32.1 Å². The molecule has 3 heterocycles. The van der Waals surface area contributed by atoms with Gasteiger partial charge in [0.2, 0.25) is 11.7 Å². The van der Waals surface area contributed by atoms with E-state index in [0.717, 1.165) is 0 Å². The molecule has 0 saturated carbocycles. The molecule has 8 nitrogen and oxygen atoms in total. The van der Waals surface area contributed by atoms with Gasteiger partial charge in [0.25, 0.3) is 5.91 Å². The van der Waals surface area contributed by atoms with Gasteiger partial charge in [-0.25, -0.2) is 4.98 Å². The van der Waals surface area contributed by atoms with Gasteiger partial charge in [-0.15, -0.1) is 0 Å². The van der Waals surface area contributed by atoms with Gasteiger partial charge in [0.1, 0.15) is 12.3 Å². The van der Waals surface area contributed by atoms with Crippen molar-refractivity contribution < 1.29 is 14.1 Å². The third kappa shape index (κ3) is 2.33. The molecule has 8 heteroatoms. The fraction of sp³-hybridized carbons (Fsp3) is 0.200. The standard InChI is InChI=1S/C15H13N5O3/c1-9-15(21)20(10-4-2-3-5-11(10)22-9)8-12-18-14(19-23-12)13-16-6-7-17-13/h2-7,9H,8H2,1H3,(H,16,17). The molecule has 1 aliphatic heterocycles. The minimum Gasteiger partial charge on any atom is -0.479 e. The number of para-hydroxylation sites is 2. The summed E-state index contributed by atoms with van der Waals surface area (Å²) in [5, 5.41) is 3.88. The zero-order chi connectivity index (χ0) is 15.8. The van der Waals surface area contributed by atoms with Crippen molar-refractivity contribution in [1.29, 1.82) is 0 Å². The number of aromatic nitrogens is 4. The maximum atomic E-state index is 12.4. The third-order valence-corrected chi connectivity index (χ3v) is 3.55. The van der Waals surface area contributed by atoms with Crippen molar-refractivity contribution in [3.05, 3.63) is 42.5 Å². The lowest BCUT2D eigenvalue weighted by Gasteiger charge is -2.31. The average Bonchev–Trinajstić information content (AvgIpc) is 3.23. The van der Waals surface area contributed by atoms with Crippen molar-refractivity contribution in [2.45, 2.75) is 19.6 Å². The summed E-state index contributed by atoms with van der Waals surface area (Å²) >= 11 is 0. The van der Waals surface area contributed by atoms with Crippen LogP contribution in [0.15, 0.2) is 41.2 Å². The number of benzene rings is 1. The van der Waals surface area contributed by atoms with Crippen LogP contribution >= 0.6 is 0 Å². The molecule has 3 aromatic rings. The van der Waals surface area contributed by atoms with E-state index in [1.54, 1.807) is 24.2 Å². The second kappa shape index (κ2) is 5.24. The maximum absolute atomic E-state index is 12.4. The Balaban J connectivity index is 1.64. The first-order valence-electron chi connectivity index (χ1n) is 7.12. The second-order valence-electron chi connectivity index (χ2n) is 5.10. The van der Waals surface area contributed by atoms with Crippen LogP contribution in [0.4, 0.5) is 5.69 Å². The molecule has 2 aromatic heterocycles. The highest BCUT2D eigenvalue weighted by Crippen LogP contribution is 2.34. The average molecular weight is 311 g/mol. The van der Waals surface area contributed by atoms with E-state index in [4.69, 9.17) is 9.26 Å². The van der Waals surface area contributed by atoms with Crippen molar-refractivity contribution in [2.75, 3.05) is 4.90 Å². The van der Waals surface area contributed by atoms with Crippen molar-refractivity contribution in [3.8, 4) is 17.4 Å². The van der Waals surface area contributed by atoms with E-state index in [1.165, 1.54) is 0 Å². The predicted molar refractivity (Wildman–Crippen MR) is 79.6 cm³/mol. The number of H-pyrrole nitrogens is 1. The van der Waals surface area contributed by atoms with Gasteiger partial charge in [0.05, 0.1) is 5.69 Å². The van der Waals surface area contributed by atoms with Gasteiger partial charge in [-0.2, -0.15) is 4.98 Å². The fourth-order valence-electron chi connectivity index (χ4n) is 2.46. The van der Waals surface area contributed by atoms with Crippen LogP contribution in [0.25, 0.3) is 11.6 Å². The van der Waals surface area contributed by atoms with Crippen molar-refractivity contribution >= 4 is 11.6 Å². The molecule has 23 heavy (non-hydrogen) atoms. The molecule has 0 bridgehead atoms. The molecule has 1 atom stereocenters. The van der Waals surface area contributed by atoms with Gasteiger partial charge in [-0.3, -0.25) is 9.69 Å². The number of imidazole rings is 1. The quantitative estimate of drug-likeness (QED) is 0.791. The van der Waals surface area contributed by atoms with E-state index in [0.29, 0.717) is 29.0 Å². The molecule has 1 N–H and O–H groups in total. The summed E-state index contributed by atoms with van der Waals surface area (Å²) in [6.07, 6.45) is 2.72. The van der Waals surface area contributed by atoms with Gasteiger partial charge < -0.3 is 14.2 Å². The summed E-state index contributed by atoms with van der Waals surface area (Å²) < 4.78 is 10.8. The van der Waals surface area contributed by atoms with Gasteiger partial charge in [-0.05, 0) is 19.1 Å². The number of hydrogen-bond donors (Lipinski definition) is 1. The monoisotopic (exact) mass is 311 g/mol. The van der Waals surface area contributed by atoms with Crippen LogP contribution in [0.5, 0.6) is 5.75 Å². The van der Waals surface area contributed by atoms with E-state index in [-0.39, 0.29) is 12.5 Å². The maximum Gasteiger partial charge on any atom is 0.268 e. The fourth-order valence-corrected chi connectivity index (χ4v) is 2.46. The van der Waals surface area contributed by atoms with Gasteiger partial charge >= 0.3 is 0 Å². The predicted octanol–water partition coefficient (Wildman–Crippen LogP) is 1.77. The van der Waals surface area contributed by atoms with Gasteiger partial charge in [-0.1, -0.05) is 17.3 Å². The van der Waals surface area contributed by atoms with Crippen molar-refractivity contribution in [1.82, 2.24) is 20.1 Å². The minimum absolute atomic E-state index is 0.151. The number of carbonyl (C=O) groups is 1. The van der Waals surface area contributed by atoms with Crippen LogP contribution < -0.4 is 9.64 Å². The van der Waals surface area contributed by atoms with Crippen LogP contribution in [0, 0.1) is 0 Å². The Morgan fingerprint density at radius 2 is 2.22 bits per heavy atom. The van der Waals surface area contributed by atoms with E-state index in [2.05, 4.69) is 20.1 Å². The summed E-state index contributed by atoms with van der Waals surface area (Å²) in [6, 6.07) is 7.36. The number of anilines is 1. The largest absolute Gasteiger partial charge is 0.479 e. The van der Waals surface area contributed by atoms with E-state index >= 15 is 0 Å². The molecule has 1 unspecified atom stereocenters.